The van der Waals surface area contributed by atoms with Gasteiger partial charge in [-0.2, -0.15) is 5.10 Å². The zero-order valence-electron chi connectivity index (χ0n) is 9.10. The summed E-state index contributed by atoms with van der Waals surface area (Å²) in [7, 11) is 0. The molecule has 1 atom stereocenters. The number of aryl methyl sites for hydroxylation is 1. The van der Waals surface area contributed by atoms with Gasteiger partial charge in [-0.15, -0.1) is 0 Å². The first kappa shape index (κ1) is 10.8. The van der Waals surface area contributed by atoms with Crippen LogP contribution < -0.4 is 5.73 Å². The van der Waals surface area contributed by atoms with Gasteiger partial charge < -0.3 is 5.73 Å². The smallest absolute Gasteiger partial charge is 0.123 e. The largest absolute Gasteiger partial charge is 0.320 e. The number of hydrogen-bond acceptors (Lipinski definition) is 2. The quantitative estimate of drug-likeness (QED) is 0.859. The standard InChI is InChI=1S/C12H14FN3/c1-2-16-8-10(7-15-16)12(14)9-3-5-11(13)6-4-9/h3-8,12H,2,14H2,1H3. The minimum absolute atomic E-state index is 0.249. The summed E-state index contributed by atoms with van der Waals surface area (Å²) in [5.74, 6) is -0.250. The van der Waals surface area contributed by atoms with Gasteiger partial charge in [0, 0.05) is 18.3 Å². The Kier molecular flexibility index (Phi) is 3.01. The van der Waals surface area contributed by atoms with Gasteiger partial charge in [-0.25, -0.2) is 4.39 Å². The average molecular weight is 219 g/mol. The molecule has 2 aromatic rings. The molecule has 2 rings (SSSR count). The molecule has 16 heavy (non-hydrogen) atoms. The molecule has 1 unspecified atom stereocenters. The van der Waals surface area contributed by atoms with Crippen LogP contribution in [0, 0.1) is 5.82 Å². The number of rotatable bonds is 3. The minimum Gasteiger partial charge on any atom is -0.320 e. The average Bonchev–Trinajstić information content (AvgIpc) is 2.77. The third-order valence-corrected chi connectivity index (χ3v) is 2.57. The van der Waals surface area contributed by atoms with E-state index in [0.29, 0.717) is 0 Å². The van der Waals surface area contributed by atoms with E-state index in [1.54, 1.807) is 18.3 Å². The molecule has 0 fully saturated rings. The second kappa shape index (κ2) is 4.45. The van der Waals surface area contributed by atoms with E-state index in [-0.39, 0.29) is 11.9 Å². The monoisotopic (exact) mass is 219 g/mol. The Bertz CT molecular complexity index is 461. The zero-order valence-corrected chi connectivity index (χ0v) is 9.10. The normalized spacial score (nSPS) is 12.7. The first-order valence-electron chi connectivity index (χ1n) is 5.24. The van der Waals surface area contributed by atoms with Crippen molar-refractivity contribution in [3.63, 3.8) is 0 Å². The van der Waals surface area contributed by atoms with Crippen molar-refractivity contribution in [3.05, 3.63) is 53.6 Å². The van der Waals surface area contributed by atoms with Gasteiger partial charge in [0.2, 0.25) is 0 Å². The van der Waals surface area contributed by atoms with E-state index < -0.39 is 0 Å². The molecule has 84 valence electrons. The summed E-state index contributed by atoms with van der Waals surface area (Å²) in [5, 5.41) is 4.16. The zero-order chi connectivity index (χ0) is 11.5. The Morgan fingerprint density at radius 1 is 1.31 bits per heavy atom. The van der Waals surface area contributed by atoms with Crippen molar-refractivity contribution < 1.29 is 4.39 Å². The van der Waals surface area contributed by atoms with Gasteiger partial charge in [-0.3, -0.25) is 4.68 Å². The van der Waals surface area contributed by atoms with Gasteiger partial charge in [0.05, 0.1) is 12.2 Å². The predicted octanol–water partition coefficient (Wildman–Crippen LogP) is 2.09. The highest BCUT2D eigenvalue weighted by molar-refractivity contribution is 5.28. The van der Waals surface area contributed by atoms with Gasteiger partial charge in [-0.1, -0.05) is 12.1 Å². The lowest BCUT2D eigenvalue weighted by atomic mass is 10.0. The number of aromatic nitrogens is 2. The lowest BCUT2D eigenvalue weighted by Gasteiger charge is -2.09. The summed E-state index contributed by atoms with van der Waals surface area (Å²) in [4.78, 5) is 0. The van der Waals surface area contributed by atoms with E-state index in [9.17, 15) is 4.39 Å². The van der Waals surface area contributed by atoms with Gasteiger partial charge in [0.15, 0.2) is 0 Å². The molecule has 1 aromatic heterocycles. The van der Waals surface area contributed by atoms with Crippen LogP contribution in [0.2, 0.25) is 0 Å². The fourth-order valence-corrected chi connectivity index (χ4v) is 1.58. The van der Waals surface area contributed by atoms with Crippen LogP contribution in [0.1, 0.15) is 24.1 Å². The first-order valence-corrected chi connectivity index (χ1v) is 5.24. The van der Waals surface area contributed by atoms with Crippen LogP contribution in [0.25, 0.3) is 0 Å². The van der Waals surface area contributed by atoms with E-state index in [1.165, 1.54) is 12.1 Å². The van der Waals surface area contributed by atoms with Crippen LogP contribution in [0.4, 0.5) is 4.39 Å². The van der Waals surface area contributed by atoms with E-state index in [0.717, 1.165) is 17.7 Å². The summed E-state index contributed by atoms with van der Waals surface area (Å²) in [6, 6.07) is 5.98. The Morgan fingerprint density at radius 2 is 2.00 bits per heavy atom. The third kappa shape index (κ3) is 2.12. The van der Waals surface area contributed by atoms with Crippen molar-refractivity contribution in [1.82, 2.24) is 9.78 Å². The topological polar surface area (TPSA) is 43.8 Å². The minimum atomic E-state index is -0.250. The molecule has 3 nitrogen and oxygen atoms in total. The SMILES string of the molecule is CCn1cc(C(N)c2ccc(F)cc2)cn1. The molecule has 0 radical (unpaired) electrons. The lowest BCUT2D eigenvalue weighted by molar-refractivity contribution is 0.626. The molecule has 0 bridgehead atoms. The summed E-state index contributed by atoms with van der Waals surface area (Å²) >= 11 is 0. The number of hydrogen-bond donors (Lipinski definition) is 1. The van der Waals surface area contributed by atoms with Gasteiger partial charge in [0.25, 0.3) is 0 Å². The molecule has 0 aliphatic heterocycles. The number of nitrogens with zero attached hydrogens (tertiary/aromatic N) is 2. The van der Waals surface area contributed by atoms with Gasteiger partial charge in [-0.05, 0) is 24.6 Å². The molecule has 2 N–H and O–H groups in total. The van der Waals surface area contributed by atoms with Crippen LogP contribution in [-0.4, -0.2) is 9.78 Å². The molecular weight excluding hydrogens is 205 g/mol. The highest BCUT2D eigenvalue weighted by atomic mass is 19.1. The molecule has 0 saturated heterocycles. The van der Waals surface area contributed by atoms with Crippen molar-refractivity contribution in [3.8, 4) is 0 Å². The first-order chi connectivity index (χ1) is 7.70. The maximum atomic E-state index is 12.8. The van der Waals surface area contributed by atoms with Crippen molar-refractivity contribution in [1.29, 1.82) is 0 Å². The molecule has 0 saturated carbocycles. The van der Waals surface area contributed by atoms with Crippen LogP contribution in [0.5, 0.6) is 0 Å². The molecule has 0 amide bonds. The fraction of sp³-hybridized carbons (Fsp3) is 0.250. The van der Waals surface area contributed by atoms with Crippen LogP contribution >= 0.6 is 0 Å². The van der Waals surface area contributed by atoms with E-state index in [1.807, 2.05) is 17.8 Å². The number of halogens is 1. The molecule has 1 heterocycles. The molecular formula is C12H14FN3. The van der Waals surface area contributed by atoms with Crippen LogP contribution in [-0.2, 0) is 6.54 Å². The number of benzene rings is 1. The van der Waals surface area contributed by atoms with Gasteiger partial charge in [0.1, 0.15) is 5.82 Å². The summed E-state index contributed by atoms with van der Waals surface area (Å²) in [6.07, 6.45) is 3.66. The lowest BCUT2D eigenvalue weighted by Crippen LogP contribution is -2.11. The highest BCUT2D eigenvalue weighted by Gasteiger charge is 2.10. The second-order valence-electron chi connectivity index (χ2n) is 3.66. The van der Waals surface area contributed by atoms with E-state index in [2.05, 4.69) is 5.10 Å². The predicted molar refractivity (Wildman–Crippen MR) is 60.3 cm³/mol. The molecule has 1 aromatic carbocycles. The van der Waals surface area contributed by atoms with E-state index >= 15 is 0 Å². The van der Waals surface area contributed by atoms with E-state index in [4.69, 9.17) is 5.73 Å². The van der Waals surface area contributed by atoms with Crippen molar-refractivity contribution in [2.45, 2.75) is 19.5 Å². The van der Waals surface area contributed by atoms with Crippen molar-refractivity contribution >= 4 is 0 Å². The van der Waals surface area contributed by atoms with Crippen molar-refractivity contribution in [2.75, 3.05) is 0 Å². The number of nitrogens with two attached hydrogens (primary N) is 1. The maximum absolute atomic E-state index is 12.8. The second-order valence-corrected chi connectivity index (χ2v) is 3.66. The Labute approximate surface area is 93.7 Å². The summed E-state index contributed by atoms with van der Waals surface area (Å²) in [5.41, 5.74) is 7.88. The van der Waals surface area contributed by atoms with Crippen LogP contribution in [0.3, 0.4) is 0 Å². The van der Waals surface area contributed by atoms with Gasteiger partial charge >= 0.3 is 0 Å². The molecule has 0 spiro atoms. The van der Waals surface area contributed by atoms with Crippen molar-refractivity contribution in [2.24, 2.45) is 5.73 Å². The highest BCUT2D eigenvalue weighted by Crippen LogP contribution is 2.19. The fourth-order valence-electron chi connectivity index (χ4n) is 1.58. The Hall–Kier alpha value is -1.68. The third-order valence-electron chi connectivity index (χ3n) is 2.57. The molecule has 0 aliphatic rings. The summed E-state index contributed by atoms with van der Waals surface area (Å²) < 4.78 is 14.6. The Balaban J connectivity index is 2.24. The molecule has 0 aliphatic carbocycles. The molecule has 4 heteroatoms. The summed E-state index contributed by atoms with van der Waals surface area (Å²) in [6.45, 7) is 2.83. The Morgan fingerprint density at radius 3 is 2.56 bits per heavy atom. The van der Waals surface area contributed by atoms with Crippen LogP contribution in [0.15, 0.2) is 36.7 Å². The maximum Gasteiger partial charge on any atom is 0.123 e.